The molecule has 0 saturated carbocycles. The van der Waals surface area contributed by atoms with Gasteiger partial charge in [0, 0.05) is 24.7 Å². The van der Waals surface area contributed by atoms with Crippen molar-refractivity contribution in [2.45, 2.75) is 37.6 Å². The van der Waals surface area contributed by atoms with Crippen LogP contribution in [0.25, 0.3) is 0 Å². The van der Waals surface area contributed by atoms with Crippen LogP contribution in [0.1, 0.15) is 25.8 Å². The molecule has 0 spiro atoms. The van der Waals surface area contributed by atoms with Gasteiger partial charge in [-0.3, -0.25) is 4.79 Å². The number of hydrogen-bond donors (Lipinski definition) is 1. The quantitative estimate of drug-likeness (QED) is 0.789. The summed E-state index contributed by atoms with van der Waals surface area (Å²) in [6.45, 7) is 5.21. The Morgan fingerprint density at radius 2 is 1.80 bits per heavy atom. The molecule has 0 aliphatic carbocycles. The lowest BCUT2D eigenvalue weighted by Crippen LogP contribution is -2.51. The van der Waals surface area contributed by atoms with Gasteiger partial charge in [0.1, 0.15) is 6.04 Å². The number of carbonyl (C=O) groups is 1. The maximum Gasteiger partial charge on any atom is 0.245 e. The second-order valence-corrected chi connectivity index (χ2v) is 9.58. The van der Waals surface area contributed by atoms with Crippen LogP contribution in [0.3, 0.4) is 0 Å². The van der Waals surface area contributed by atoms with Crippen molar-refractivity contribution < 1.29 is 22.7 Å². The summed E-state index contributed by atoms with van der Waals surface area (Å²) in [7, 11) is -3.93. The third kappa shape index (κ3) is 4.02. The third-order valence-corrected chi connectivity index (χ3v) is 6.84. The highest BCUT2D eigenvalue weighted by Crippen LogP contribution is 2.32. The second kappa shape index (κ2) is 8.28. The molecule has 4 rings (SSSR count). The number of fused-ring (bicyclic) bond motifs is 2. The molecule has 2 aliphatic rings. The fourth-order valence-electron chi connectivity index (χ4n) is 3.75. The van der Waals surface area contributed by atoms with Gasteiger partial charge in [0.25, 0.3) is 0 Å². The zero-order chi connectivity index (χ0) is 21.3. The van der Waals surface area contributed by atoms with Gasteiger partial charge < -0.3 is 14.4 Å². The molecule has 2 heterocycles. The normalized spacial score (nSPS) is 16.8. The molecule has 2 aromatic carbocycles. The highest BCUT2D eigenvalue weighted by Gasteiger charge is 2.35. The molecular weight excluding hydrogens is 404 g/mol. The van der Waals surface area contributed by atoms with Crippen LogP contribution >= 0.6 is 0 Å². The van der Waals surface area contributed by atoms with Crippen LogP contribution < -0.4 is 19.1 Å². The zero-order valence-electron chi connectivity index (χ0n) is 17.1. The van der Waals surface area contributed by atoms with Crippen molar-refractivity contribution in [3.05, 3.63) is 48.0 Å². The first kappa shape index (κ1) is 20.7. The van der Waals surface area contributed by atoms with E-state index >= 15 is 0 Å². The molecule has 1 atom stereocenters. The highest BCUT2D eigenvalue weighted by atomic mass is 32.2. The molecule has 8 heteroatoms. The summed E-state index contributed by atoms with van der Waals surface area (Å²) in [5, 5.41) is 0. The molecule has 0 fully saturated rings. The third-order valence-electron chi connectivity index (χ3n) is 5.40. The van der Waals surface area contributed by atoms with E-state index in [-0.39, 0.29) is 16.7 Å². The Kier molecular flexibility index (Phi) is 5.71. The number of carbonyl (C=O) groups excluding carboxylic acids is 1. The Balaban J connectivity index is 1.59. The molecule has 160 valence electrons. The molecule has 0 radical (unpaired) electrons. The van der Waals surface area contributed by atoms with Crippen molar-refractivity contribution in [1.29, 1.82) is 0 Å². The summed E-state index contributed by atoms with van der Waals surface area (Å²) in [5.41, 5.74) is 1.95. The van der Waals surface area contributed by atoms with E-state index in [1.807, 2.05) is 38.1 Å². The molecule has 7 nitrogen and oxygen atoms in total. The predicted octanol–water partition coefficient (Wildman–Crippen LogP) is 2.74. The Morgan fingerprint density at radius 3 is 2.57 bits per heavy atom. The fraction of sp³-hybridized carbons (Fsp3) is 0.409. The average molecular weight is 431 g/mol. The predicted molar refractivity (Wildman–Crippen MR) is 113 cm³/mol. The van der Waals surface area contributed by atoms with Gasteiger partial charge in [-0.05, 0) is 36.1 Å². The van der Waals surface area contributed by atoms with E-state index < -0.39 is 16.1 Å². The van der Waals surface area contributed by atoms with E-state index in [1.165, 1.54) is 12.1 Å². The lowest BCUT2D eigenvalue weighted by atomic mass is 10.0. The summed E-state index contributed by atoms with van der Waals surface area (Å²) < 4.78 is 40.0. The first-order chi connectivity index (χ1) is 14.4. The summed E-state index contributed by atoms with van der Waals surface area (Å²) >= 11 is 0. The van der Waals surface area contributed by atoms with Crippen molar-refractivity contribution in [1.82, 2.24) is 4.72 Å². The molecule has 1 N–H and O–H groups in total. The number of hydrogen-bond acceptors (Lipinski definition) is 5. The zero-order valence-corrected chi connectivity index (χ0v) is 17.9. The van der Waals surface area contributed by atoms with Gasteiger partial charge >= 0.3 is 0 Å². The van der Waals surface area contributed by atoms with E-state index in [0.717, 1.165) is 24.1 Å². The maximum absolute atomic E-state index is 13.3. The first-order valence-corrected chi connectivity index (χ1v) is 11.7. The van der Waals surface area contributed by atoms with E-state index in [0.29, 0.717) is 31.3 Å². The topological polar surface area (TPSA) is 84.9 Å². The molecule has 1 amide bonds. The van der Waals surface area contributed by atoms with Crippen LogP contribution in [0.15, 0.2) is 47.4 Å². The van der Waals surface area contributed by atoms with Gasteiger partial charge in [-0.2, -0.15) is 4.72 Å². The van der Waals surface area contributed by atoms with Crippen molar-refractivity contribution in [3.8, 4) is 11.5 Å². The maximum atomic E-state index is 13.3. The van der Waals surface area contributed by atoms with Crippen LogP contribution in [0.2, 0.25) is 0 Å². The van der Waals surface area contributed by atoms with Crippen LogP contribution in [0.5, 0.6) is 11.5 Å². The van der Waals surface area contributed by atoms with Crippen LogP contribution in [-0.4, -0.2) is 40.1 Å². The lowest BCUT2D eigenvalue weighted by Gasteiger charge is -2.27. The van der Waals surface area contributed by atoms with Gasteiger partial charge in [-0.25, -0.2) is 8.42 Å². The fourth-order valence-corrected chi connectivity index (χ4v) is 5.11. The molecule has 30 heavy (non-hydrogen) atoms. The minimum absolute atomic E-state index is 0.0482. The van der Waals surface area contributed by atoms with Crippen LogP contribution in [0.4, 0.5) is 5.69 Å². The number of sulfonamides is 1. The molecule has 1 unspecified atom stereocenters. The molecule has 0 saturated heterocycles. The number of nitrogens with one attached hydrogen (secondary N) is 1. The van der Waals surface area contributed by atoms with Gasteiger partial charge in [0.2, 0.25) is 15.9 Å². The van der Waals surface area contributed by atoms with E-state index in [2.05, 4.69) is 4.72 Å². The Morgan fingerprint density at radius 1 is 1.07 bits per heavy atom. The highest BCUT2D eigenvalue weighted by molar-refractivity contribution is 7.89. The minimum atomic E-state index is -3.93. The van der Waals surface area contributed by atoms with Crippen molar-refractivity contribution in [2.75, 3.05) is 24.7 Å². The largest absolute Gasteiger partial charge is 0.490 e. The Hall–Kier alpha value is -2.58. The number of benzene rings is 2. The number of ether oxygens (including phenoxy) is 2. The number of amides is 1. The molecule has 2 aromatic rings. The molecule has 2 aliphatic heterocycles. The van der Waals surface area contributed by atoms with E-state index in [9.17, 15) is 13.2 Å². The Labute approximate surface area is 177 Å². The summed E-state index contributed by atoms with van der Waals surface area (Å²) in [6.07, 6.45) is 1.50. The SMILES string of the molecule is CC(C)C(NS(=O)(=O)c1ccc2c(c1)OCCCO2)C(=O)N1CCc2ccccc21. The van der Waals surface area contributed by atoms with Crippen molar-refractivity contribution >= 4 is 21.6 Å². The summed E-state index contributed by atoms with van der Waals surface area (Å²) in [5.74, 6) is 0.459. The average Bonchev–Trinajstić information content (AvgIpc) is 3.01. The summed E-state index contributed by atoms with van der Waals surface area (Å²) in [4.78, 5) is 15.0. The summed E-state index contributed by atoms with van der Waals surface area (Å²) in [6, 6.07) is 11.4. The van der Waals surface area contributed by atoms with Crippen molar-refractivity contribution in [2.24, 2.45) is 5.92 Å². The van der Waals surface area contributed by atoms with Crippen LogP contribution in [0, 0.1) is 5.92 Å². The number of para-hydroxylation sites is 1. The standard InChI is InChI=1S/C22H26N2O5S/c1-15(2)21(22(25)24-11-10-16-6-3-4-7-18(16)24)23-30(26,27)17-8-9-19-20(14-17)29-13-5-12-28-19/h3-4,6-9,14-15,21,23H,5,10-13H2,1-2H3. The minimum Gasteiger partial charge on any atom is -0.490 e. The number of nitrogens with zero attached hydrogens (tertiary/aromatic N) is 1. The molecular formula is C22H26N2O5S. The van der Waals surface area contributed by atoms with E-state index in [1.54, 1.807) is 11.0 Å². The smallest absolute Gasteiger partial charge is 0.245 e. The van der Waals surface area contributed by atoms with Crippen LogP contribution in [-0.2, 0) is 21.2 Å². The molecule has 0 bridgehead atoms. The van der Waals surface area contributed by atoms with Gasteiger partial charge in [0.15, 0.2) is 11.5 Å². The second-order valence-electron chi connectivity index (χ2n) is 7.87. The van der Waals surface area contributed by atoms with Gasteiger partial charge in [-0.15, -0.1) is 0 Å². The lowest BCUT2D eigenvalue weighted by molar-refractivity contribution is -0.121. The van der Waals surface area contributed by atoms with Gasteiger partial charge in [-0.1, -0.05) is 32.0 Å². The van der Waals surface area contributed by atoms with Gasteiger partial charge in [0.05, 0.1) is 18.1 Å². The number of rotatable bonds is 5. The first-order valence-electron chi connectivity index (χ1n) is 10.2. The number of anilines is 1. The monoisotopic (exact) mass is 430 g/mol. The van der Waals surface area contributed by atoms with E-state index in [4.69, 9.17) is 9.47 Å². The molecule has 0 aromatic heterocycles. The van der Waals surface area contributed by atoms with Crippen molar-refractivity contribution in [3.63, 3.8) is 0 Å². The Bertz CT molecular complexity index is 1050.